The molecule has 1 aliphatic heterocycles. The highest BCUT2D eigenvalue weighted by Gasteiger charge is 2.13. The summed E-state index contributed by atoms with van der Waals surface area (Å²) in [4.78, 5) is 12.0. The summed E-state index contributed by atoms with van der Waals surface area (Å²) >= 11 is 6.93. The molecule has 0 fully saturated rings. The number of carbonyl (C=O) groups is 1. The number of nitrogens with zero attached hydrogens (tertiary/aromatic N) is 1. The van der Waals surface area contributed by atoms with E-state index in [0.717, 1.165) is 31.5 Å². The van der Waals surface area contributed by atoms with Crippen LogP contribution in [0.4, 0.5) is 5.69 Å². The smallest absolute Gasteiger partial charge is 0.259 e. The Morgan fingerprint density at radius 3 is 2.66 bits per heavy atom. The van der Waals surface area contributed by atoms with E-state index in [-0.39, 0.29) is 19.2 Å². The summed E-state index contributed by atoms with van der Waals surface area (Å²) < 4.78 is 18.3. The number of benzene rings is 3. The van der Waals surface area contributed by atoms with Gasteiger partial charge < -0.3 is 19.5 Å². The standard InChI is InChI=1S/C23H19Br2N3O4/c24-17-4-1-15(2-5-17)13-30-20-7-3-16(9-19(20)25)11-27-28-23(29)12-26-18-6-8-21-22(10-18)32-14-31-21/h1-11,26H,12-14H2,(H,28,29)/b27-11+. The first kappa shape index (κ1) is 22.2. The molecule has 3 aromatic rings. The summed E-state index contributed by atoms with van der Waals surface area (Å²) in [6.45, 7) is 0.748. The fraction of sp³-hybridized carbons (Fsp3) is 0.130. The summed E-state index contributed by atoms with van der Waals surface area (Å²) in [7, 11) is 0. The van der Waals surface area contributed by atoms with Crippen molar-refractivity contribution in [3.05, 3.63) is 80.7 Å². The Bertz CT molecular complexity index is 1140. The van der Waals surface area contributed by atoms with Gasteiger partial charge in [-0.3, -0.25) is 4.79 Å². The summed E-state index contributed by atoms with van der Waals surface area (Å²) in [5.74, 6) is 1.80. The maximum Gasteiger partial charge on any atom is 0.259 e. The maximum absolute atomic E-state index is 12.0. The second-order valence-electron chi connectivity index (χ2n) is 6.82. The zero-order chi connectivity index (χ0) is 22.3. The highest BCUT2D eigenvalue weighted by atomic mass is 79.9. The van der Waals surface area contributed by atoms with Gasteiger partial charge in [-0.15, -0.1) is 0 Å². The lowest BCUT2D eigenvalue weighted by atomic mass is 10.2. The van der Waals surface area contributed by atoms with Crippen molar-refractivity contribution in [1.29, 1.82) is 0 Å². The van der Waals surface area contributed by atoms with E-state index in [0.29, 0.717) is 18.1 Å². The lowest BCUT2D eigenvalue weighted by Crippen LogP contribution is -2.25. The lowest BCUT2D eigenvalue weighted by molar-refractivity contribution is -0.119. The van der Waals surface area contributed by atoms with Gasteiger partial charge in [0.15, 0.2) is 11.5 Å². The molecule has 3 aromatic carbocycles. The van der Waals surface area contributed by atoms with Gasteiger partial charge in [0.1, 0.15) is 12.4 Å². The van der Waals surface area contributed by atoms with Crippen molar-refractivity contribution in [3.63, 3.8) is 0 Å². The summed E-state index contributed by atoms with van der Waals surface area (Å²) in [6, 6.07) is 19.0. The summed E-state index contributed by atoms with van der Waals surface area (Å²) in [5, 5.41) is 7.03. The highest BCUT2D eigenvalue weighted by Crippen LogP contribution is 2.34. The van der Waals surface area contributed by atoms with Gasteiger partial charge in [-0.25, -0.2) is 5.43 Å². The molecule has 0 saturated carbocycles. The van der Waals surface area contributed by atoms with Crippen LogP contribution in [0.1, 0.15) is 11.1 Å². The Morgan fingerprint density at radius 1 is 1.03 bits per heavy atom. The van der Waals surface area contributed by atoms with E-state index in [4.69, 9.17) is 14.2 Å². The molecule has 0 aromatic heterocycles. The van der Waals surface area contributed by atoms with Crippen LogP contribution in [0.2, 0.25) is 0 Å². The molecule has 0 saturated heterocycles. The first-order valence-corrected chi connectivity index (χ1v) is 11.3. The SMILES string of the molecule is O=C(CNc1ccc2c(c1)OCO2)N/N=C/c1ccc(OCc2ccc(Br)cc2)c(Br)c1. The van der Waals surface area contributed by atoms with E-state index in [2.05, 4.69) is 47.7 Å². The third-order valence-corrected chi connectivity index (χ3v) is 5.64. The van der Waals surface area contributed by atoms with Crippen LogP contribution in [0, 0.1) is 0 Å². The van der Waals surface area contributed by atoms with E-state index in [9.17, 15) is 4.79 Å². The molecule has 0 bridgehead atoms. The Hall–Kier alpha value is -3.04. The molecule has 0 radical (unpaired) electrons. The van der Waals surface area contributed by atoms with Crippen LogP contribution >= 0.6 is 31.9 Å². The third-order valence-electron chi connectivity index (χ3n) is 4.49. The number of amides is 1. The molecule has 164 valence electrons. The molecule has 1 amide bonds. The second kappa shape index (κ2) is 10.5. The van der Waals surface area contributed by atoms with Crippen molar-refractivity contribution in [2.75, 3.05) is 18.7 Å². The number of hydrogen-bond donors (Lipinski definition) is 2. The maximum atomic E-state index is 12.0. The van der Waals surface area contributed by atoms with Crippen LogP contribution in [-0.2, 0) is 11.4 Å². The number of nitrogens with one attached hydrogen (secondary N) is 2. The van der Waals surface area contributed by atoms with Gasteiger partial charge >= 0.3 is 0 Å². The van der Waals surface area contributed by atoms with Gasteiger partial charge in [0, 0.05) is 16.2 Å². The largest absolute Gasteiger partial charge is 0.488 e. The third kappa shape index (κ3) is 6.02. The predicted octanol–water partition coefficient (Wildman–Crippen LogP) is 5.08. The minimum absolute atomic E-state index is 0.0729. The predicted molar refractivity (Wildman–Crippen MR) is 129 cm³/mol. The molecule has 0 unspecified atom stereocenters. The van der Waals surface area contributed by atoms with Gasteiger partial charge in [-0.05, 0) is 69.5 Å². The zero-order valence-electron chi connectivity index (χ0n) is 16.8. The fourth-order valence-corrected chi connectivity index (χ4v) is 3.64. The van der Waals surface area contributed by atoms with Gasteiger partial charge in [-0.2, -0.15) is 5.10 Å². The Balaban J connectivity index is 1.24. The van der Waals surface area contributed by atoms with Gasteiger partial charge in [0.05, 0.1) is 17.2 Å². The zero-order valence-corrected chi connectivity index (χ0v) is 20.0. The number of hydrazone groups is 1. The van der Waals surface area contributed by atoms with Crippen molar-refractivity contribution in [2.24, 2.45) is 5.10 Å². The first-order chi connectivity index (χ1) is 15.6. The van der Waals surface area contributed by atoms with E-state index in [1.807, 2.05) is 48.5 Å². The van der Waals surface area contributed by atoms with Crippen molar-refractivity contribution in [1.82, 2.24) is 5.43 Å². The van der Waals surface area contributed by atoms with E-state index >= 15 is 0 Å². The average Bonchev–Trinajstić information content (AvgIpc) is 3.26. The molecular formula is C23H19Br2N3O4. The Morgan fingerprint density at radius 2 is 1.84 bits per heavy atom. The van der Waals surface area contributed by atoms with E-state index in [1.165, 1.54) is 0 Å². The number of fused-ring (bicyclic) bond motifs is 1. The first-order valence-electron chi connectivity index (χ1n) is 9.69. The van der Waals surface area contributed by atoms with Crippen LogP contribution in [0.5, 0.6) is 17.2 Å². The topological polar surface area (TPSA) is 81.2 Å². The molecule has 0 aliphatic carbocycles. The minimum atomic E-state index is -0.271. The number of rotatable bonds is 8. The Kier molecular flexibility index (Phi) is 7.28. The van der Waals surface area contributed by atoms with Gasteiger partial charge in [-0.1, -0.05) is 28.1 Å². The monoisotopic (exact) mass is 559 g/mol. The van der Waals surface area contributed by atoms with E-state index < -0.39 is 0 Å². The summed E-state index contributed by atoms with van der Waals surface area (Å²) in [6.07, 6.45) is 1.57. The lowest BCUT2D eigenvalue weighted by Gasteiger charge is -2.09. The molecule has 7 nitrogen and oxygen atoms in total. The molecule has 32 heavy (non-hydrogen) atoms. The van der Waals surface area contributed by atoms with Crippen LogP contribution in [0.25, 0.3) is 0 Å². The fourth-order valence-electron chi connectivity index (χ4n) is 2.86. The van der Waals surface area contributed by atoms with Gasteiger partial charge in [0.25, 0.3) is 5.91 Å². The number of hydrogen-bond acceptors (Lipinski definition) is 6. The van der Waals surface area contributed by atoms with Crippen molar-refractivity contribution in [3.8, 4) is 17.2 Å². The molecule has 0 atom stereocenters. The van der Waals surface area contributed by atoms with Gasteiger partial charge in [0.2, 0.25) is 6.79 Å². The van der Waals surface area contributed by atoms with Crippen LogP contribution in [0.15, 0.2) is 74.7 Å². The molecular weight excluding hydrogens is 542 g/mol. The minimum Gasteiger partial charge on any atom is -0.488 e. The average molecular weight is 561 g/mol. The van der Waals surface area contributed by atoms with Crippen LogP contribution in [-0.4, -0.2) is 25.5 Å². The normalized spacial score (nSPS) is 12.1. The highest BCUT2D eigenvalue weighted by molar-refractivity contribution is 9.10. The molecule has 0 spiro atoms. The molecule has 1 aliphatic rings. The molecule has 9 heteroatoms. The quantitative estimate of drug-likeness (QED) is 0.296. The molecule has 1 heterocycles. The number of halogens is 2. The van der Waals surface area contributed by atoms with Crippen molar-refractivity contribution in [2.45, 2.75) is 6.61 Å². The molecule has 2 N–H and O–H groups in total. The van der Waals surface area contributed by atoms with Crippen molar-refractivity contribution < 1.29 is 19.0 Å². The summed E-state index contributed by atoms with van der Waals surface area (Å²) in [5.41, 5.74) is 5.15. The number of anilines is 1. The number of carbonyl (C=O) groups excluding carboxylic acids is 1. The molecule has 4 rings (SSSR count). The van der Waals surface area contributed by atoms with Crippen molar-refractivity contribution >= 4 is 49.7 Å². The number of ether oxygens (including phenoxy) is 3. The van der Waals surface area contributed by atoms with Crippen LogP contribution < -0.4 is 25.0 Å². The van der Waals surface area contributed by atoms with Crippen LogP contribution in [0.3, 0.4) is 0 Å². The second-order valence-corrected chi connectivity index (χ2v) is 8.59. The van der Waals surface area contributed by atoms with E-state index in [1.54, 1.807) is 18.3 Å². The Labute approximate surface area is 202 Å².